The zero-order valence-corrected chi connectivity index (χ0v) is 11.8. The van der Waals surface area contributed by atoms with Gasteiger partial charge in [0.05, 0.1) is 5.02 Å². The molecule has 0 fully saturated rings. The second kappa shape index (κ2) is 6.06. The van der Waals surface area contributed by atoms with Gasteiger partial charge in [-0.3, -0.25) is 4.79 Å². The van der Waals surface area contributed by atoms with Crippen LogP contribution in [0.25, 0.3) is 0 Å². The third kappa shape index (κ3) is 3.36. The topological polar surface area (TPSA) is 43.1 Å². The lowest BCUT2D eigenvalue weighted by molar-refractivity contribution is 0.0975. The Morgan fingerprint density at radius 2 is 1.90 bits per heavy atom. The number of carbonyl (C=O) groups is 1. The maximum absolute atomic E-state index is 13.2. The molecule has 0 aliphatic carbocycles. The molecule has 0 radical (unpaired) electrons. The van der Waals surface area contributed by atoms with E-state index in [1.54, 1.807) is 12.1 Å². The molecular weight excluding hydrogens is 277 g/mol. The first-order valence-corrected chi connectivity index (χ1v) is 6.69. The number of halogens is 2. The van der Waals surface area contributed by atoms with Crippen molar-refractivity contribution in [2.75, 3.05) is 5.73 Å². The van der Waals surface area contributed by atoms with Gasteiger partial charge in [0, 0.05) is 17.7 Å². The quantitative estimate of drug-likeness (QED) is 0.668. The van der Waals surface area contributed by atoms with Crippen LogP contribution in [0, 0.1) is 5.82 Å². The summed E-state index contributed by atoms with van der Waals surface area (Å²) < 4.78 is 13.2. The maximum atomic E-state index is 13.2. The van der Waals surface area contributed by atoms with Crippen molar-refractivity contribution in [1.29, 1.82) is 0 Å². The fraction of sp³-hybridized carbons (Fsp3) is 0.188. The number of rotatable bonds is 4. The summed E-state index contributed by atoms with van der Waals surface area (Å²) in [7, 11) is 0. The predicted octanol–water partition coefficient (Wildman–Crippen LogP) is 4.44. The van der Waals surface area contributed by atoms with Crippen LogP contribution in [0.15, 0.2) is 42.5 Å². The highest BCUT2D eigenvalue weighted by Gasteiger charge is 2.16. The van der Waals surface area contributed by atoms with Gasteiger partial charge in [0.2, 0.25) is 0 Å². The second-order valence-electron chi connectivity index (χ2n) is 4.82. The number of nitrogen functional groups attached to an aromatic ring is 1. The van der Waals surface area contributed by atoms with E-state index in [0.29, 0.717) is 5.69 Å². The molecule has 0 saturated heterocycles. The lowest BCUT2D eigenvalue weighted by atomic mass is 9.93. The number of hydrogen-bond donors (Lipinski definition) is 1. The lowest BCUT2D eigenvalue weighted by Gasteiger charge is -2.12. The molecule has 0 aromatic heterocycles. The molecule has 0 spiro atoms. The minimum absolute atomic E-state index is 0.0161. The Morgan fingerprint density at radius 1 is 1.25 bits per heavy atom. The summed E-state index contributed by atoms with van der Waals surface area (Å²) in [5, 5.41) is 0.279. The third-order valence-corrected chi connectivity index (χ3v) is 3.56. The molecule has 0 aliphatic heterocycles. The number of nitrogens with two attached hydrogens (primary N) is 1. The Morgan fingerprint density at radius 3 is 2.55 bits per heavy atom. The molecule has 2 aromatic carbocycles. The Labute approximate surface area is 122 Å². The monoisotopic (exact) mass is 291 g/mol. The van der Waals surface area contributed by atoms with Crippen molar-refractivity contribution in [3.63, 3.8) is 0 Å². The number of benzene rings is 2. The van der Waals surface area contributed by atoms with E-state index in [1.165, 1.54) is 18.2 Å². The minimum atomic E-state index is -0.460. The summed E-state index contributed by atoms with van der Waals surface area (Å²) in [5.74, 6) is -0.612. The first kappa shape index (κ1) is 14.5. The molecule has 4 heteroatoms. The van der Waals surface area contributed by atoms with E-state index < -0.39 is 5.82 Å². The molecule has 0 bridgehead atoms. The predicted molar refractivity (Wildman–Crippen MR) is 79.6 cm³/mol. The van der Waals surface area contributed by atoms with Crippen LogP contribution in [-0.4, -0.2) is 5.78 Å². The van der Waals surface area contributed by atoms with Crippen LogP contribution in [0.4, 0.5) is 10.1 Å². The van der Waals surface area contributed by atoms with Crippen LogP contribution in [0.3, 0.4) is 0 Å². The highest BCUT2D eigenvalue weighted by atomic mass is 35.5. The van der Waals surface area contributed by atoms with Crippen LogP contribution in [0.2, 0.25) is 5.02 Å². The SMILES string of the molecule is CC(CC(=O)c1cc(F)ccc1Cl)c1ccc(N)cc1. The summed E-state index contributed by atoms with van der Waals surface area (Å²) in [6.07, 6.45) is 0.271. The van der Waals surface area contributed by atoms with Gasteiger partial charge in [0.1, 0.15) is 5.82 Å². The largest absolute Gasteiger partial charge is 0.399 e. The summed E-state index contributed by atoms with van der Waals surface area (Å²) in [5.41, 5.74) is 7.56. The number of carbonyl (C=O) groups excluding carboxylic acids is 1. The van der Waals surface area contributed by atoms with Gasteiger partial charge in [0.15, 0.2) is 5.78 Å². The standard InChI is InChI=1S/C16H15ClFNO/c1-10(11-2-5-13(19)6-3-11)8-16(20)14-9-12(18)4-7-15(14)17/h2-7,9-10H,8,19H2,1H3. The van der Waals surface area contributed by atoms with Crippen LogP contribution in [-0.2, 0) is 0 Å². The average Bonchev–Trinajstić information content (AvgIpc) is 2.42. The van der Waals surface area contributed by atoms with Crippen LogP contribution >= 0.6 is 11.6 Å². The zero-order valence-electron chi connectivity index (χ0n) is 11.1. The van der Waals surface area contributed by atoms with Gasteiger partial charge >= 0.3 is 0 Å². The fourth-order valence-electron chi connectivity index (χ4n) is 2.04. The summed E-state index contributed by atoms with van der Waals surface area (Å²) in [4.78, 5) is 12.2. The molecule has 2 rings (SSSR count). The lowest BCUT2D eigenvalue weighted by Crippen LogP contribution is -2.06. The minimum Gasteiger partial charge on any atom is -0.399 e. The van der Waals surface area contributed by atoms with E-state index in [2.05, 4.69) is 0 Å². The molecule has 1 unspecified atom stereocenters. The molecule has 104 valence electrons. The van der Waals surface area contributed by atoms with Crippen molar-refractivity contribution in [3.8, 4) is 0 Å². The summed E-state index contributed by atoms with van der Waals surface area (Å²) >= 11 is 5.94. The Hall–Kier alpha value is -1.87. The molecule has 0 heterocycles. The molecule has 2 aromatic rings. The van der Waals surface area contributed by atoms with Crippen molar-refractivity contribution in [1.82, 2.24) is 0 Å². The number of anilines is 1. The first-order chi connectivity index (χ1) is 9.47. The number of Topliss-reactive ketones (excluding diaryl/α,β-unsaturated/α-hetero) is 1. The molecule has 0 aliphatic rings. The average molecular weight is 292 g/mol. The van der Waals surface area contributed by atoms with E-state index >= 15 is 0 Å². The van der Waals surface area contributed by atoms with Gasteiger partial charge in [-0.1, -0.05) is 30.7 Å². The Balaban J connectivity index is 2.15. The zero-order chi connectivity index (χ0) is 14.7. The van der Waals surface area contributed by atoms with Crippen molar-refractivity contribution < 1.29 is 9.18 Å². The fourth-order valence-corrected chi connectivity index (χ4v) is 2.26. The van der Waals surface area contributed by atoms with Crippen molar-refractivity contribution >= 4 is 23.1 Å². The van der Waals surface area contributed by atoms with Crippen LogP contribution in [0.5, 0.6) is 0 Å². The van der Waals surface area contributed by atoms with E-state index in [-0.39, 0.29) is 28.7 Å². The van der Waals surface area contributed by atoms with E-state index in [9.17, 15) is 9.18 Å². The molecule has 0 amide bonds. The second-order valence-corrected chi connectivity index (χ2v) is 5.23. The smallest absolute Gasteiger partial charge is 0.165 e. The normalized spacial score (nSPS) is 12.2. The summed E-state index contributed by atoms with van der Waals surface area (Å²) in [6, 6.07) is 11.2. The van der Waals surface area contributed by atoms with E-state index in [4.69, 9.17) is 17.3 Å². The van der Waals surface area contributed by atoms with Crippen LogP contribution in [0.1, 0.15) is 35.2 Å². The highest BCUT2D eigenvalue weighted by Crippen LogP contribution is 2.25. The Bertz CT molecular complexity index is 625. The third-order valence-electron chi connectivity index (χ3n) is 3.23. The molecule has 2 nitrogen and oxygen atoms in total. The molecule has 0 saturated carbocycles. The molecule has 20 heavy (non-hydrogen) atoms. The van der Waals surface area contributed by atoms with Crippen LogP contribution < -0.4 is 5.73 Å². The van der Waals surface area contributed by atoms with Gasteiger partial charge < -0.3 is 5.73 Å². The molecule has 2 N–H and O–H groups in total. The highest BCUT2D eigenvalue weighted by molar-refractivity contribution is 6.33. The molecular formula is C16H15ClFNO. The van der Waals surface area contributed by atoms with Gasteiger partial charge in [-0.25, -0.2) is 4.39 Å². The Kier molecular flexibility index (Phi) is 4.40. The van der Waals surface area contributed by atoms with E-state index in [0.717, 1.165) is 5.56 Å². The van der Waals surface area contributed by atoms with Gasteiger partial charge in [0.25, 0.3) is 0 Å². The van der Waals surface area contributed by atoms with Crippen molar-refractivity contribution in [2.24, 2.45) is 0 Å². The maximum Gasteiger partial charge on any atom is 0.165 e. The van der Waals surface area contributed by atoms with Gasteiger partial charge in [-0.05, 0) is 41.8 Å². The van der Waals surface area contributed by atoms with Gasteiger partial charge in [-0.2, -0.15) is 0 Å². The number of ketones is 1. The first-order valence-electron chi connectivity index (χ1n) is 6.31. The van der Waals surface area contributed by atoms with Crippen molar-refractivity contribution in [3.05, 3.63) is 64.4 Å². The van der Waals surface area contributed by atoms with Crippen molar-refractivity contribution in [2.45, 2.75) is 19.3 Å². The number of hydrogen-bond acceptors (Lipinski definition) is 2. The van der Waals surface area contributed by atoms with E-state index in [1.807, 2.05) is 19.1 Å². The molecule has 1 atom stereocenters. The summed E-state index contributed by atoms with van der Waals surface area (Å²) in [6.45, 7) is 1.94. The van der Waals surface area contributed by atoms with Gasteiger partial charge in [-0.15, -0.1) is 0 Å².